The lowest BCUT2D eigenvalue weighted by Gasteiger charge is -2.14. The summed E-state index contributed by atoms with van der Waals surface area (Å²) < 4.78 is 0. The highest BCUT2D eigenvalue weighted by atomic mass is 14.6. The fourth-order valence-electron chi connectivity index (χ4n) is 2.60. The maximum absolute atomic E-state index is 6.43. The number of nitrogens with two attached hydrogens (primary N) is 1. The first-order valence-electron chi connectivity index (χ1n) is 7.11. The van der Waals surface area contributed by atoms with Crippen molar-refractivity contribution >= 4 is 10.8 Å². The molecular weight excluding hydrogens is 242 g/mol. The number of rotatable bonds is 3. The van der Waals surface area contributed by atoms with Gasteiger partial charge in [-0.3, -0.25) is 0 Å². The summed E-state index contributed by atoms with van der Waals surface area (Å²) in [6, 6.07) is 23.4. The third-order valence-electron chi connectivity index (χ3n) is 3.85. The van der Waals surface area contributed by atoms with Crippen LogP contribution in [0.25, 0.3) is 10.8 Å². The second-order valence-corrected chi connectivity index (χ2v) is 5.18. The predicted octanol–water partition coefficient (Wildman–Crippen LogP) is 4.45. The van der Waals surface area contributed by atoms with E-state index in [1.54, 1.807) is 0 Å². The van der Waals surface area contributed by atoms with Gasteiger partial charge in [0.1, 0.15) is 0 Å². The van der Waals surface area contributed by atoms with E-state index in [0.717, 1.165) is 12.0 Å². The average Bonchev–Trinajstić information content (AvgIpc) is 2.53. The summed E-state index contributed by atoms with van der Waals surface area (Å²) in [6.07, 6.45) is 1.04. The Morgan fingerprint density at radius 1 is 0.800 bits per heavy atom. The van der Waals surface area contributed by atoms with Crippen LogP contribution >= 0.6 is 0 Å². The number of fused-ring (bicyclic) bond motifs is 1. The molecule has 20 heavy (non-hydrogen) atoms. The zero-order chi connectivity index (χ0) is 13.9. The van der Waals surface area contributed by atoms with Gasteiger partial charge in [0.2, 0.25) is 0 Å². The van der Waals surface area contributed by atoms with Crippen LogP contribution < -0.4 is 5.73 Å². The molecule has 2 N–H and O–H groups in total. The first-order chi connectivity index (χ1) is 9.78. The van der Waals surface area contributed by atoms with Crippen LogP contribution in [0.1, 0.15) is 29.7 Å². The SMILES string of the molecule is CCc1cccc(C(N)c2ccc3ccccc3c2)c1. The monoisotopic (exact) mass is 261 g/mol. The third kappa shape index (κ3) is 2.45. The molecular formula is C19H19N. The highest BCUT2D eigenvalue weighted by Crippen LogP contribution is 2.24. The summed E-state index contributed by atoms with van der Waals surface area (Å²) in [5.74, 6) is 0. The van der Waals surface area contributed by atoms with Crippen molar-refractivity contribution in [1.82, 2.24) is 0 Å². The lowest BCUT2D eigenvalue weighted by atomic mass is 9.95. The van der Waals surface area contributed by atoms with Crippen LogP contribution in [0, 0.1) is 0 Å². The molecule has 0 bridgehead atoms. The Bertz CT molecular complexity index is 730. The smallest absolute Gasteiger partial charge is 0.0551 e. The van der Waals surface area contributed by atoms with Crippen molar-refractivity contribution in [2.45, 2.75) is 19.4 Å². The molecule has 0 aliphatic heterocycles. The summed E-state index contributed by atoms with van der Waals surface area (Å²) in [4.78, 5) is 0. The number of benzene rings is 3. The van der Waals surface area contributed by atoms with Crippen molar-refractivity contribution in [1.29, 1.82) is 0 Å². The summed E-state index contributed by atoms with van der Waals surface area (Å²) in [5, 5.41) is 2.50. The van der Waals surface area contributed by atoms with E-state index in [2.05, 4.69) is 73.7 Å². The third-order valence-corrected chi connectivity index (χ3v) is 3.85. The molecule has 0 saturated carbocycles. The van der Waals surface area contributed by atoms with Crippen molar-refractivity contribution in [2.24, 2.45) is 5.73 Å². The second-order valence-electron chi connectivity index (χ2n) is 5.18. The highest BCUT2D eigenvalue weighted by Gasteiger charge is 2.09. The van der Waals surface area contributed by atoms with Gasteiger partial charge in [0, 0.05) is 0 Å². The van der Waals surface area contributed by atoms with Crippen LogP contribution in [0.2, 0.25) is 0 Å². The molecule has 1 nitrogen and oxygen atoms in total. The van der Waals surface area contributed by atoms with Crippen LogP contribution in [-0.4, -0.2) is 0 Å². The molecule has 0 aliphatic rings. The minimum Gasteiger partial charge on any atom is -0.320 e. The van der Waals surface area contributed by atoms with Gasteiger partial charge in [-0.15, -0.1) is 0 Å². The summed E-state index contributed by atoms with van der Waals surface area (Å²) in [7, 11) is 0. The zero-order valence-corrected chi connectivity index (χ0v) is 11.7. The Balaban J connectivity index is 2.00. The first kappa shape index (κ1) is 12.9. The standard InChI is InChI=1S/C19H19N/c1-2-14-6-5-9-17(12-14)19(20)18-11-10-15-7-3-4-8-16(15)13-18/h3-13,19H,2,20H2,1H3. The fraction of sp³-hybridized carbons (Fsp3) is 0.158. The van der Waals surface area contributed by atoms with E-state index in [1.807, 2.05) is 0 Å². The predicted molar refractivity (Wildman–Crippen MR) is 85.8 cm³/mol. The highest BCUT2D eigenvalue weighted by molar-refractivity contribution is 5.83. The van der Waals surface area contributed by atoms with Gasteiger partial charge in [-0.2, -0.15) is 0 Å². The van der Waals surface area contributed by atoms with Gasteiger partial charge >= 0.3 is 0 Å². The van der Waals surface area contributed by atoms with Gasteiger partial charge in [0.15, 0.2) is 0 Å². The fourth-order valence-corrected chi connectivity index (χ4v) is 2.60. The topological polar surface area (TPSA) is 26.0 Å². The second kappa shape index (κ2) is 5.48. The van der Waals surface area contributed by atoms with Crippen LogP contribution in [0.5, 0.6) is 0 Å². The van der Waals surface area contributed by atoms with Crippen LogP contribution in [-0.2, 0) is 6.42 Å². The Morgan fingerprint density at radius 2 is 1.55 bits per heavy atom. The molecule has 0 aliphatic carbocycles. The van der Waals surface area contributed by atoms with Crippen molar-refractivity contribution in [3.05, 3.63) is 83.4 Å². The molecule has 0 radical (unpaired) electrons. The summed E-state index contributed by atoms with van der Waals surface area (Å²) in [5.41, 5.74) is 10.1. The molecule has 0 spiro atoms. The Morgan fingerprint density at radius 3 is 2.35 bits per heavy atom. The number of aryl methyl sites for hydroxylation is 1. The van der Waals surface area contributed by atoms with E-state index >= 15 is 0 Å². The summed E-state index contributed by atoms with van der Waals surface area (Å²) >= 11 is 0. The van der Waals surface area contributed by atoms with E-state index in [9.17, 15) is 0 Å². The first-order valence-corrected chi connectivity index (χ1v) is 7.11. The van der Waals surface area contributed by atoms with Gasteiger partial charge in [-0.25, -0.2) is 0 Å². The largest absolute Gasteiger partial charge is 0.320 e. The van der Waals surface area contributed by atoms with Crippen molar-refractivity contribution in [2.75, 3.05) is 0 Å². The Kier molecular flexibility index (Phi) is 3.53. The molecule has 0 saturated heterocycles. The van der Waals surface area contributed by atoms with Crippen molar-refractivity contribution < 1.29 is 0 Å². The average molecular weight is 261 g/mol. The molecule has 3 aromatic rings. The number of hydrogen-bond donors (Lipinski definition) is 1. The normalized spacial score (nSPS) is 12.5. The molecule has 0 fully saturated rings. The molecule has 0 heterocycles. The lowest BCUT2D eigenvalue weighted by molar-refractivity contribution is 0.869. The van der Waals surface area contributed by atoms with E-state index < -0.39 is 0 Å². The number of hydrogen-bond acceptors (Lipinski definition) is 1. The Labute approximate surface area is 120 Å². The quantitative estimate of drug-likeness (QED) is 0.740. The molecule has 1 unspecified atom stereocenters. The summed E-state index contributed by atoms with van der Waals surface area (Å²) in [6.45, 7) is 2.17. The molecule has 0 amide bonds. The molecule has 3 rings (SSSR count). The van der Waals surface area contributed by atoms with E-state index in [4.69, 9.17) is 5.73 Å². The lowest BCUT2D eigenvalue weighted by Crippen LogP contribution is -2.12. The zero-order valence-electron chi connectivity index (χ0n) is 11.7. The van der Waals surface area contributed by atoms with Crippen molar-refractivity contribution in [3.8, 4) is 0 Å². The van der Waals surface area contributed by atoms with Crippen LogP contribution in [0.4, 0.5) is 0 Å². The van der Waals surface area contributed by atoms with Crippen LogP contribution in [0.15, 0.2) is 66.7 Å². The van der Waals surface area contributed by atoms with Gasteiger partial charge < -0.3 is 5.73 Å². The van der Waals surface area contributed by atoms with E-state index in [1.165, 1.54) is 21.9 Å². The molecule has 1 atom stereocenters. The maximum atomic E-state index is 6.43. The van der Waals surface area contributed by atoms with E-state index in [0.29, 0.717) is 0 Å². The van der Waals surface area contributed by atoms with Crippen molar-refractivity contribution in [3.63, 3.8) is 0 Å². The maximum Gasteiger partial charge on any atom is 0.0551 e. The molecule has 0 aromatic heterocycles. The van der Waals surface area contributed by atoms with Gasteiger partial charge in [-0.05, 0) is 39.9 Å². The molecule has 3 aromatic carbocycles. The van der Waals surface area contributed by atoms with Crippen LogP contribution in [0.3, 0.4) is 0 Å². The van der Waals surface area contributed by atoms with Gasteiger partial charge in [0.05, 0.1) is 6.04 Å². The molecule has 1 heteroatoms. The Hall–Kier alpha value is -2.12. The van der Waals surface area contributed by atoms with Gasteiger partial charge in [0.25, 0.3) is 0 Å². The molecule has 100 valence electrons. The van der Waals surface area contributed by atoms with E-state index in [-0.39, 0.29) is 6.04 Å². The van der Waals surface area contributed by atoms with Gasteiger partial charge in [-0.1, -0.05) is 67.6 Å². The minimum atomic E-state index is -0.0638. The minimum absolute atomic E-state index is 0.0638.